The van der Waals surface area contributed by atoms with E-state index in [4.69, 9.17) is 0 Å². The van der Waals surface area contributed by atoms with Crippen LogP contribution in [-0.4, -0.2) is 11.8 Å². The molecular weight excluding hydrogens is 322 g/mol. The van der Waals surface area contributed by atoms with Crippen LogP contribution in [0.15, 0.2) is 42.0 Å². The Morgan fingerprint density at radius 3 is 1.92 bits per heavy atom. The van der Waals surface area contributed by atoms with Crippen molar-refractivity contribution in [2.24, 2.45) is 0 Å². The summed E-state index contributed by atoms with van der Waals surface area (Å²) < 4.78 is 0. The normalized spacial score (nSPS) is 15.0. The zero-order valence-electron chi connectivity index (χ0n) is 16.1. The zero-order valence-corrected chi connectivity index (χ0v) is 16.1. The van der Waals surface area contributed by atoms with E-state index >= 15 is 0 Å². The van der Waals surface area contributed by atoms with Crippen molar-refractivity contribution in [3.8, 4) is 0 Å². The SMILES string of the molecule is CCCCCCCCCCCCC(C1=CC(=O)NC1=O)c1ccccc1. The lowest BCUT2D eigenvalue weighted by molar-refractivity contribution is -0.123. The van der Waals surface area contributed by atoms with Crippen LogP contribution < -0.4 is 5.32 Å². The van der Waals surface area contributed by atoms with E-state index in [1.165, 1.54) is 63.9 Å². The standard InChI is InChI=1S/C23H33NO2/c1-2-3-4-5-6-7-8-9-10-14-17-20(19-15-12-11-13-16-19)21-18-22(25)24-23(21)26/h11-13,15-16,18,20H,2-10,14,17H2,1H3,(H,24,25,26). The second kappa shape index (κ2) is 11.7. The molecule has 2 amide bonds. The molecule has 0 aromatic heterocycles. The van der Waals surface area contributed by atoms with Gasteiger partial charge in [-0.25, -0.2) is 0 Å². The molecule has 1 aliphatic rings. The lowest BCUT2D eigenvalue weighted by Gasteiger charge is -2.17. The summed E-state index contributed by atoms with van der Waals surface area (Å²) in [5, 5.41) is 2.39. The number of nitrogens with one attached hydrogen (secondary N) is 1. The number of hydrogen-bond acceptors (Lipinski definition) is 2. The molecule has 0 bridgehead atoms. The molecule has 0 saturated carbocycles. The van der Waals surface area contributed by atoms with Crippen molar-refractivity contribution < 1.29 is 9.59 Å². The van der Waals surface area contributed by atoms with Crippen molar-refractivity contribution in [1.29, 1.82) is 0 Å². The Balaban J connectivity index is 1.74. The second-order valence-corrected chi connectivity index (χ2v) is 7.35. The molecule has 0 spiro atoms. The van der Waals surface area contributed by atoms with Gasteiger partial charge in [0.05, 0.1) is 0 Å². The summed E-state index contributed by atoms with van der Waals surface area (Å²) in [5.41, 5.74) is 1.75. The lowest BCUT2D eigenvalue weighted by atomic mass is 9.86. The van der Waals surface area contributed by atoms with Crippen molar-refractivity contribution in [1.82, 2.24) is 5.32 Å². The average molecular weight is 356 g/mol. The van der Waals surface area contributed by atoms with E-state index in [0.29, 0.717) is 5.57 Å². The van der Waals surface area contributed by atoms with E-state index in [-0.39, 0.29) is 17.7 Å². The average Bonchev–Trinajstić information content (AvgIpc) is 2.98. The van der Waals surface area contributed by atoms with Crippen LogP contribution in [0.2, 0.25) is 0 Å². The molecule has 142 valence electrons. The number of unbranched alkanes of at least 4 members (excludes halogenated alkanes) is 9. The molecule has 1 aromatic rings. The van der Waals surface area contributed by atoms with Gasteiger partial charge in [0.25, 0.3) is 11.8 Å². The Morgan fingerprint density at radius 2 is 1.38 bits per heavy atom. The first-order valence-electron chi connectivity index (χ1n) is 10.3. The fourth-order valence-corrected chi connectivity index (χ4v) is 3.71. The van der Waals surface area contributed by atoms with Crippen LogP contribution in [0, 0.1) is 0 Å². The minimum atomic E-state index is -0.283. The third kappa shape index (κ3) is 6.78. The molecule has 1 aliphatic heterocycles. The summed E-state index contributed by atoms with van der Waals surface area (Å²) >= 11 is 0. The molecule has 3 heteroatoms. The number of hydrogen-bond donors (Lipinski definition) is 1. The van der Waals surface area contributed by atoms with E-state index in [0.717, 1.165) is 18.4 Å². The summed E-state index contributed by atoms with van der Waals surface area (Å²) in [6, 6.07) is 10.1. The van der Waals surface area contributed by atoms with Gasteiger partial charge in [0, 0.05) is 17.6 Å². The molecule has 1 aromatic carbocycles. The van der Waals surface area contributed by atoms with Crippen LogP contribution >= 0.6 is 0 Å². The molecule has 0 saturated heterocycles. The van der Waals surface area contributed by atoms with Crippen LogP contribution in [-0.2, 0) is 9.59 Å². The molecule has 0 fully saturated rings. The van der Waals surface area contributed by atoms with Crippen LogP contribution in [0.4, 0.5) is 0 Å². The Morgan fingerprint density at radius 1 is 0.808 bits per heavy atom. The van der Waals surface area contributed by atoms with Crippen molar-refractivity contribution in [3.63, 3.8) is 0 Å². The highest BCUT2D eigenvalue weighted by Gasteiger charge is 2.28. The number of carbonyl (C=O) groups excluding carboxylic acids is 2. The van der Waals surface area contributed by atoms with Gasteiger partial charge in [-0.1, -0.05) is 101 Å². The zero-order chi connectivity index (χ0) is 18.6. The fourth-order valence-electron chi connectivity index (χ4n) is 3.71. The van der Waals surface area contributed by atoms with Crippen molar-refractivity contribution in [2.45, 2.75) is 83.5 Å². The number of imide groups is 1. The molecule has 0 aliphatic carbocycles. The number of amides is 2. The maximum absolute atomic E-state index is 12.1. The maximum atomic E-state index is 12.1. The van der Waals surface area contributed by atoms with Crippen molar-refractivity contribution in [2.75, 3.05) is 0 Å². The molecule has 1 unspecified atom stereocenters. The lowest BCUT2D eigenvalue weighted by Crippen LogP contribution is -2.24. The Hall–Kier alpha value is -1.90. The highest BCUT2D eigenvalue weighted by Crippen LogP contribution is 2.31. The Labute approximate surface area is 158 Å². The third-order valence-electron chi connectivity index (χ3n) is 5.21. The number of rotatable bonds is 13. The number of benzene rings is 1. The van der Waals surface area contributed by atoms with Crippen molar-refractivity contribution >= 4 is 11.8 Å². The van der Waals surface area contributed by atoms with Crippen LogP contribution in [0.5, 0.6) is 0 Å². The largest absolute Gasteiger partial charge is 0.289 e. The van der Waals surface area contributed by atoms with Gasteiger partial charge < -0.3 is 0 Å². The summed E-state index contributed by atoms with van der Waals surface area (Å²) in [6.07, 6.45) is 15.4. The molecule has 0 radical (unpaired) electrons. The topological polar surface area (TPSA) is 46.2 Å². The monoisotopic (exact) mass is 355 g/mol. The minimum absolute atomic E-state index is 0.0247. The second-order valence-electron chi connectivity index (χ2n) is 7.35. The fraction of sp³-hybridized carbons (Fsp3) is 0.565. The Bertz CT molecular complexity index is 591. The Kier molecular flexibility index (Phi) is 9.16. The van der Waals surface area contributed by atoms with Crippen molar-refractivity contribution in [3.05, 3.63) is 47.5 Å². The van der Waals surface area contributed by atoms with Gasteiger partial charge in [0.1, 0.15) is 0 Å². The molecule has 1 N–H and O–H groups in total. The number of carbonyl (C=O) groups is 2. The van der Waals surface area contributed by atoms with E-state index in [2.05, 4.69) is 24.4 Å². The van der Waals surface area contributed by atoms with E-state index in [9.17, 15) is 9.59 Å². The van der Waals surface area contributed by atoms with Crippen LogP contribution in [0.3, 0.4) is 0 Å². The highest BCUT2D eigenvalue weighted by molar-refractivity contribution is 6.16. The molecule has 2 rings (SSSR count). The van der Waals surface area contributed by atoms with Gasteiger partial charge in [-0.05, 0) is 12.0 Å². The first-order valence-corrected chi connectivity index (χ1v) is 10.3. The molecule has 26 heavy (non-hydrogen) atoms. The van der Waals surface area contributed by atoms with Crippen LogP contribution in [0.25, 0.3) is 0 Å². The molecule has 1 heterocycles. The van der Waals surface area contributed by atoms with Gasteiger partial charge in [-0.3, -0.25) is 14.9 Å². The first kappa shape index (κ1) is 20.4. The molecular formula is C23H33NO2. The van der Waals surface area contributed by atoms with Gasteiger partial charge in [0.2, 0.25) is 0 Å². The van der Waals surface area contributed by atoms with Gasteiger partial charge >= 0.3 is 0 Å². The van der Waals surface area contributed by atoms with Crippen LogP contribution in [0.1, 0.15) is 89.0 Å². The van der Waals surface area contributed by atoms with E-state index in [1.807, 2.05) is 18.2 Å². The quantitative estimate of drug-likeness (QED) is 0.366. The van der Waals surface area contributed by atoms with Gasteiger partial charge in [-0.15, -0.1) is 0 Å². The summed E-state index contributed by atoms with van der Waals surface area (Å²) in [6.45, 7) is 2.25. The first-order chi connectivity index (χ1) is 12.7. The summed E-state index contributed by atoms with van der Waals surface area (Å²) in [5.74, 6) is -0.485. The third-order valence-corrected chi connectivity index (χ3v) is 5.21. The molecule has 3 nitrogen and oxygen atoms in total. The summed E-state index contributed by atoms with van der Waals surface area (Å²) in [4.78, 5) is 23.6. The summed E-state index contributed by atoms with van der Waals surface area (Å²) in [7, 11) is 0. The molecule has 1 atom stereocenters. The van der Waals surface area contributed by atoms with E-state index in [1.54, 1.807) is 0 Å². The highest BCUT2D eigenvalue weighted by atomic mass is 16.2. The predicted octanol–water partition coefficient (Wildman–Crippen LogP) is 5.66. The van der Waals surface area contributed by atoms with Gasteiger partial charge in [-0.2, -0.15) is 0 Å². The van der Waals surface area contributed by atoms with E-state index < -0.39 is 0 Å². The smallest absolute Gasteiger partial charge is 0.254 e. The van der Waals surface area contributed by atoms with Gasteiger partial charge in [0.15, 0.2) is 0 Å². The maximum Gasteiger partial charge on any atom is 0.254 e. The minimum Gasteiger partial charge on any atom is -0.289 e. The predicted molar refractivity (Wildman–Crippen MR) is 107 cm³/mol.